The molecule has 0 aliphatic carbocycles. The van der Waals surface area contributed by atoms with Gasteiger partial charge in [0, 0.05) is 0 Å². The molecule has 0 rings (SSSR count). The third-order valence-corrected chi connectivity index (χ3v) is 3.18. The fourth-order valence-electron chi connectivity index (χ4n) is 0.316. The van der Waals surface area contributed by atoms with E-state index >= 15 is 0 Å². The summed E-state index contributed by atoms with van der Waals surface area (Å²) in [5.41, 5.74) is 0. The summed E-state index contributed by atoms with van der Waals surface area (Å²) < 4.78 is 3.78. The predicted molar refractivity (Wildman–Crippen MR) is 29.9 cm³/mol. The molecule has 0 atom stereocenters. The molecule has 0 unspecified atom stereocenters. The van der Waals surface area contributed by atoms with E-state index in [4.69, 9.17) is 0 Å². The summed E-state index contributed by atoms with van der Waals surface area (Å²) >= 11 is -0.0383. The van der Waals surface area contributed by atoms with Gasteiger partial charge in [0.1, 0.15) is 0 Å². The Kier molecular flexibility index (Phi) is 4.43. The molecule has 0 fully saturated rings. The number of hydrogen-bond acceptors (Lipinski definition) is 1. The molecule has 0 N–H and O–H groups in total. The predicted octanol–water partition coefficient (Wildman–Crippen LogP) is 0.605. The van der Waals surface area contributed by atoms with Crippen molar-refractivity contribution in [3.63, 3.8) is 0 Å². The summed E-state index contributed by atoms with van der Waals surface area (Å²) in [5.74, 6) is 0. The van der Waals surface area contributed by atoms with Crippen LogP contribution in [0, 0.1) is 0 Å². The molecule has 0 spiro atoms. The maximum absolute atomic E-state index is 2.35. The van der Waals surface area contributed by atoms with Crippen LogP contribution in [0.4, 0.5) is 0 Å². The van der Waals surface area contributed by atoms with Gasteiger partial charge in [-0.1, -0.05) is 0 Å². The van der Waals surface area contributed by atoms with Gasteiger partial charge >= 0.3 is 50.0 Å². The molecule has 0 aromatic rings. The minimum atomic E-state index is -0.0383. The van der Waals surface area contributed by atoms with Crippen LogP contribution < -0.4 is 0 Å². The molecule has 2 heteroatoms. The van der Waals surface area contributed by atoms with E-state index in [2.05, 4.69) is 24.1 Å². The van der Waals surface area contributed by atoms with Gasteiger partial charge in [0.25, 0.3) is 0 Å². The topological polar surface area (TPSA) is 3.24 Å². The third kappa shape index (κ3) is 4.76. The van der Waals surface area contributed by atoms with Gasteiger partial charge in [0.05, 0.1) is 0 Å². The van der Waals surface area contributed by atoms with Crippen LogP contribution in [0.5, 0.6) is 0 Å². The van der Waals surface area contributed by atoms with Gasteiger partial charge in [-0.3, -0.25) is 0 Å². The second-order valence-electron chi connectivity index (χ2n) is 1.41. The van der Waals surface area contributed by atoms with Crippen LogP contribution in [0.2, 0.25) is 4.44 Å². The van der Waals surface area contributed by atoms with Crippen molar-refractivity contribution in [3.8, 4) is 0 Å². The molecule has 6 heavy (non-hydrogen) atoms. The van der Waals surface area contributed by atoms with Crippen molar-refractivity contribution < 1.29 is 0 Å². The molecule has 1 nitrogen and oxygen atoms in total. The van der Waals surface area contributed by atoms with E-state index in [0.29, 0.717) is 0 Å². The average Bonchev–Trinajstić information content (AvgIpc) is 1.35. The minimum absolute atomic E-state index is 0.0383. The van der Waals surface area contributed by atoms with Crippen LogP contribution >= 0.6 is 0 Å². The van der Waals surface area contributed by atoms with E-state index in [1.807, 2.05) is 0 Å². The summed E-state index contributed by atoms with van der Waals surface area (Å²) in [4.78, 5) is 0. The van der Waals surface area contributed by atoms with Gasteiger partial charge in [-0.2, -0.15) is 0 Å². The molecule has 0 heterocycles. The molecule has 2 radical (unpaired) electrons. The molecular formula is C4H11NSn. The molecule has 0 saturated heterocycles. The first-order valence-electron chi connectivity index (χ1n) is 2.18. The maximum atomic E-state index is 2.35. The number of hydrogen-bond donors (Lipinski definition) is 0. The van der Waals surface area contributed by atoms with Crippen LogP contribution in [0.15, 0.2) is 0 Å². The summed E-state index contributed by atoms with van der Waals surface area (Å²) in [5, 5.41) is 0. The van der Waals surface area contributed by atoms with E-state index in [1.165, 1.54) is 4.44 Å². The van der Waals surface area contributed by atoms with E-state index < -0.39 is 0 Å². The van der Waals surface area contributed by atoms with Gasteiger partial charge in [0.15, 0.2) is 0 Å². The monoisotopic (exact) mass is 193 g/mol. The van der Waals surface area contributed by atoms with Crippen molar-refractivity contribution in [3.05, 3.63) is 0 Å². The third-order valence-electron chi connectivity index (χ3n) is 0.474. The first kappa shape index (κ1) is 6.76. The van der Waals surface area contributed by atoms with E-state index in [0.717, 1.165) is 0 Å². The zero-order chi connectivity index (χ0) is 4.99. The van der Waals surface area contributed by atoms with Gasteiger partial charge in [-0.25, -0.2) is 0 Å². The van der Waals surface area contributed by atoms with E-state index in [-0.39, 0.29) is 21.4 Å². The first-order valence-corrected chi connectivity index (χ1v) is 5.47. The van der Waals surface area contributed by atoms with Crippen LogP contribution in [-0.4, -0.2) is 38.6 Å². The van der Waals surface area contributed by atoms with E-state index in [1.54, 1.807) is 0 Å². The molecule has 0 aromatic heterocycles. The summed E-state index contributed by atoms with van der Waals surface area (Å²) in [6.45, 7) is 2.26. The zero-order valence-corrected chi connectivity index (χ0v) is 7.51. The molecule has 0 amide bonds. The molecule has 0 bridgehead atoms. The average molecular weight is 192 g/mol. The van der Waals surface area contributed by atoms with Gasteiger partial charge < -0.3 is 0 Å². The zero-order valence-electron chi connectivity index (χ0n) is 4.65. The Morgan fingerprint density at radius 2 is 2.00 bits per heavy atom. The Morgan fingerprint density at radius 1 is 1.50 bits per heavy atom. The van der Waals surface area contributed by atoms with Gasteiger partial charge in [-0.15, -0.1) is 0 Å². The Hall–Kier alpha value is 0.759. The van der Waals surface area contributed by atoms with E-state index in [9.17, 15) is 0 Å². The number of rotatable bonds is 2. The van der Waals surface area contributed by atoms with Crippen molar-refractivity contribution in [2.75, 3.05) is 14.1 Å². The Balaban J connectivity index is 2.63. The Bertz CT molecular complexity index is 28.7. The molecular weight excluding hydrogens is 181 g/mol. The molecule has 36 valence electrons. The molecule has 0 aliphatic heterocycles. The molecule has 0 aliphatic rings. The fraction of sp³-hybridized carbons (Fsp3) is 1.00. The number of nitrogens with zero attached hydrogens (tertiary/aromatic N) is 1. The second kappa shape index (κ2) is 3.93. The Labute approximate surface area is 50.3 Å². The summed E-state index contributed by atoms with van der Waals surface area (Å²) in [7, 11) is 4.32. The fourth-order valence-corrected chi connectivity index (χ4v) is 2.12. The summed E-state index contributed by atoms with van der Waals surface area (Å²) in [6, 6.07) is 0. The molecule has 0 aromatic carbocycles. The van der Waals surface area contributed by atoms with Crippen molar-refractivity contribution >= 4 is 21.4 Å². The summed E-state index contributed by atoms with van der Waals surface area (Å²) in [6.07, 6.45) is 0. The SMILES string of the molecule is C[CH2][Sn][N](C)C. The molecule has 0 saturated carbocycles. The Morgan fingerprint density at radius 3 is 2.00 bits per heavy atom. The van der Waals surface area contributed by atoms with Crippen molar-refractivity contribution in [1.29, 1.82) is 0 Å². The first-order chi connectivity index (χ1) is 2.77. The van der Waals surface area contributed by atoms with Crippen LogP contribution in [0.25, 0.3) is 0 Å². The van der Waals surface area contributed by atoms with Gasteiger partial charge in [0.2, 0.25) is 0 Å². The van der Waals surface area contributed by atoms with Crippen molar-refractivity contribution in [2.24, 2.45) is 0 Å². The van der Waals surface area contributed by atoms with Gasteiger partial charge in [-0.05, 0) is 0 Å². The van der Waals surface area contributed by atoms with Crippen molar-refractivity contribution in [1.82, 2.24) is 3.12 Å². The standard InChI is InChI=1S/C2H6N.C2H5.Sn/c1-3-2;1-2;/h1-2H3;1H2,2H3;/q-1;;+1. The van der Waals surface area contributed by atoms with Crippen molar-refractivity contribution in [2.45, 2.75) is 11.4 Å². The van der Waals surface area contributed by atoms with Crippen LogP contribution in [-0.2, 0) is 0 Å². The normalized spacial score (nSPS) is 10.0. The second-order valence-corrected chi connectivity index (χ2v) is 6.88. The quantitative estimate of drug-likeness (QED) is 0.579. The van der Waals surface area contributed by atoms with Crippen LogP contribution in [0.3, 0.4) is 0 Å². The van der Waals surface area contributed by atoms with Crippen LogP contribution in [0.1, 0.15) is 6.92 Å².